The second-order valence-corrected chi connectivity index (χ2v) is 8.04. The SMILES string of the molecule is [CH2-]C(CC(C)(C)C)C(=O)C(C)(C)C.[CH2-]CCC/C(C)=N\OC.[Y]. The van der Waals surface area contributed by atoms with Gasteiger partial charge >= 0.3 is 0 Å². The van der Waals surface area contributed by atoms with Crippen molar-refractivity contribution in [3.05, 3.63) is 13.8 Å². The predicted molar refractivity (Wildman–Crippen MR) is 96.7 cm³/mol. The Hall–Kier alpha value is 0.244. The molecule has 0 aromatic rings. The van der Waals surface area contributed by atoms with Crippen LogP contribution in [0, 0.1) is 30.6 Å². The van der Waals surface area contributed by atoms with Gasteiger partial charge in [0.1, 0.15) is 12.9 Å². The second-order valence-electron chi connectivity index (χ2n) is 8.04. The molecule has 1 atom stereocenters. The molecule has 0 aromatic heterocycles. The number of oxime groups is 1. The largest absolute Gasteiger partial charge is 0.399 e. The molecule has 0 saturated carbocycles. The average molecular weight is 400 g/mol. The molecule has 0 aliphatic heterocycles. The molecular formula is C19H37NO2Y-2. The van der Waals surface area contributed by atoms with Crippen molar-refractivity contribution in [1.82, 2.24) is 0 Å². The first-order valence-corrected chi connectivity index (χ1v) is 8.08. The van der Waals surface area contributed by atoms with Crippen LogP contribution in [0.3, 0.4) is 0 Å². The van der Waals surface area contributed by atoms with E-state index in [-0.39, 0.29) is 55.2 Å². The Morgan fingerprint density at radius 1 is 1.17 bits per heavy atom. The van der Waals surface area contributed by atoms with Gasteiger partial charge in [-0.1, -0.05) is 59.5 Å². The minimum Gasteiger partial charge on any atom is -0.399 e. The number of hydrogen-bond donors (Lipinski definition) is 0. The van der Waals surface area contributed by atoms with E-state index in [1.165, 1.54) is 0 Å². The number of hydrogen-bond acceptors (Lipinski definition) is 3. The molecule has 4 heteroatoms. The van der Waals surface area contributed by atoms with E-state index >= 15 is 0 Å². The first-order chi connectivity index (χ1) is 9.85. The summed E-state index contributed by atoms with van der Waals surface area (Å²) in [6, 6.07) is 0. The number of rotatable bonds is 6. The van der Waals surface area contributed by atoms with Crippen molar-refractivity contribution in [1.29, 1.82) is 0 Å². The number of carbonyl (C=O) groups is 1. The Morgan fingerprint density at radius 2 is 1.65 bits per heavy atom. The molecule has 0 heterocycles. The molecule has 0 aromatic carbocycles. The number of ketones is 1. The Labute approximate surface area is 170 Å². The van der Waals surface area contributed by atoms with Crippen molar-refractivity contribution in [2.45, 2.75) is 74.1 Å². The van der Waals surface area contributed by atoms with Crippen molar-refractivity contribution >= 4 is 11.5 Å². The molecule has 135 valence electrons. The Bertz CT molecular complexity index is 338. The van der Waals surface area contributed by atoms with Gasteiger partial charge in [-0.15, -0.1) is 5.92 Å². The van der Waals surface area contributed by atoms with Crippen LogP contribution in [0.5, 0.6) is 0 Å². The van der Waals surface area contributed by atoms with E-state index in [0.29, 0.717) is 0 Å². The fourth-order valence-electron chi connectivity index (χ4n) is 2.03. The van der Waals surface area contributed by atoms with Gasteiger partial charge < -0.3 is 23.5 Å². The number of carbonyl (C=O) groups excluding carboxylic acids is 1. The van der Waals surface area contributed by atoms with Gasteiger partial charge in [-0.3, -0.25) is 0 Å². The topological polar surface area (TPSA) is 38.7 Å². The van der Waals surface area contributed by atoms with E-state index in [4.69, 9.17) is 0 Å². The van der Waals surface area contributed by atoms with E-state index in [1.54, 1.807) is 7.11 Å². The van der Waals surface area contributed by atoms with Crippen molar-refractivity contribution in [3.8, 4) is 0 Å². The van der Waals surface area contributed by atoms with Crippen LogP contribution in [0.2, 0.25) is 0 Å². The van der Waals surface area contributed by atoms with Crippen LogP contribution in [-0.4, -0.2) is 18.6 Å². The van der Waals surface area contributed by atoms with E-state index in [2.05, 4.69) is 44.6 Å². The van der Waals surface area contributed by atoms with Crippen LogP contribution < -0.4 is 0 Å². The zero-order valence-corrected chi connectivity index (χ0v) is 19.5. The standard InChI is InChI=1S/C12H23O.C7H14NO.Y/c1-9(8-11(2,3)4)10(13)12(5,6)7;1-4-5-6-7(2)8-9-3;/h9H,1,8H2,2-7H3;1,4-6H2,2-3H3;/q2*-1;/b;8-7-;. The summed E-state index contributed by atoms with van der Waals surface area (Å²) in [7, 11) is 1.56. The first-order valence-electron chi connectivity index (χ1n) is 8.08. The fraction of sp³-hybridized carbons (Fsp3) is 0.789. The first kappa shape index (κ1) is 28.1. The Kier molecular flexibility index (Phi) is 16.5. The maximum atomic E-state index is 11.8. The van der Waals surface area contributed by atoms with Crippen molar-refractivity contribution in [2.75, 3.05) is 7.11 Å². The molecule has 0 amide bonds. The molecule has 3 nitrogen and oxygen atoms in total. The molecular weight excluding hydrogens is 363 g/mol. The Balaban J connectivity index is -0.000000354. The summed E-state index contributed by atoms with van der Waals surface area (Å²) in [6.07, 6.45) is 3.93. The van der Waals surface area contributed by atoms with Gasteiger partial charge in [-0.2, -0.15) is 6.42 Å². The van der Waals surface area contributed by atoms with Gasteiger partial charge in [0, 0.05) is 38.1 Å². The molecule has 0 spiro atoms. The fourth-order valence-corrected chi connectivity index (χ4v) is 2.03. The molecule has 23 heavy (non-hydrogen) atoms. The number of nitrogens with zero attached hydrogens (tertiary/aromatic N) is 1. The van der Waals surface area contributed by atoms with Gasteiger partial charge in [0.05, 0.1) is 5.71 Å². The van der Waals surface area contributed by atoms with Crippen LogP contribution in [0.1, 0.15) is 74.1 Å². The zero-order chi connectivity index (χ0) is 18.0. The third kappa shape index (κ3) is 18.4. The molecule has 0 aliphatic carbocycles. The van der Waals surface area contributed by atoms with Crippen LogP contribution in [-0.2, 0) is 42.3 Å². The summed E-state index contributed by atoms with van der Waals surface area (Å²) >= 11 is 0. The van der Waals surface area contributed by atoms with E-state index in [9.17, 15) is 4.79 Å². The third-order valence-electron chi connectivity index (χ3n) is 3.00. The van der Waals surface area contributed by atoms with Crippen LogP contribution in [0.25, 0.3) is 0 Å². The minimum atomic E-state index is -0.252. The normalized spacial score (nSPS) is 13.4. The quantitative estimate of drug-likeness (QED) is 0.336. The Morgan fingerprint density at radius 3 is 1.96 bits per heavy atom. The maximum Gasteiger partial charge on any atom is 0.111 e. The van der Waals surface area contributed by atoms with Gasteiger partial charge in [0.2, 0.25) is 0 Å². The molecule has 1 radical (unpaired) electrons. The van der Waals surface area contributed by atoms with E-state index in [1.807, 2.05) is 27.7 Å². The van der Waals surface area contributed by atoms with Gasteiger partial charge in [0.25, 0.3) is 0 Å². The summed E-state index contributed by atoms with van der Waals surface area (Å²) in [5.74, 6) is 0.197. The molecule has 0 saturated heterocycles. The average Bonchev–Trinajstić information content (AvgIpc) is 2.33. The smallest absolute Gasteiger partial charge is 0.111 e. The molecule has 0 rings (SSSR count). The zero-order valence-electron chi connectivity index (χ0n) is 16.7. The molecule has 0 aliphatic rings. The molecule has 0 fully saturated rings. The summed E-state index contributed by atoms with van der Waals surface area (Å²) in [4.78, 5) is 16.3. The van der Waals surface area contributed by atoms with Crippen molar-refractivity contribution in [3.63, 3.8) is 0 Å². The maximum absolute atomic E-state index is 11.8. The number of unbranched alkanes of at least 4 members (excludes halogenated alkanes) is 1. The number of Topliss-reactive ketones (excluding diaryl/α,β-unsaturated/α-hetero) is 1. The van der Waals surface area contributed by atoms with Crippen molar-refractivity contribution in [2.24, 2.45) is 21.9 Å². The van der Waals surface area contributed by atoms with E-state index < -0.39 is 0 Å². The van der Waals surface area contributed by atoms with Crippen LogP contribution >= 0.6 is 0 Å². The van der Waals surface area contributed by atoms with Crippen molar-refractivity contribution < 1.29 is 42.3 Å². The minimum absolute atomic E-state index is 0. The van der Waals surface area contributed by atoms with Crippen LogP contribution in [0.15, 0.2) is 5.16 Å². The third-order valence-corrected chi connectivity index (χ3v) is 3.00. The summed E-state index contributed by atoms with van der Waals surface area (Å²) in [6.45, 7) is 21.9. The van der Waals surface area contributed by atoms with E-state index in [0.717, 1.165) is 31.4 Å². The summed E-state index contributed by atoms with van der Waals surface area (Å²) in [5, 5.41) is 3.75. The van der Waals surface area contributed by atoms with Gasteiger partial charge in [-0.05, 0) is 18.8 Å². The molecule has 0 N–H and O–H groups in total. The summed E-state index contributed by atoms with van der Waals surface area (Å²) in [5.41, 5.74) is 0.978. The summed E-state index contributed by atoms with van der Waals surface area (Å²) < 4.78 is 0. The van der Waals surface area contributed by atoms with Gasteiger partial charge in [-0.25, -0.2) is 0 Å². The second kappa shape index (κ2) is 13.5. The van der Waals surface area contributed by atoms with Crippen LogP contribution in [0.4, 0.5) is 0 Å². The predicted octanol–water partition coefficient (Wildman–Crippen LogP) is 5.50. The molecule has 1 unspecified atom stereocenters. The molecule has 0 bridgehead atoms. The van der Waals surface area contributed by atoms with Gasteiger partial charge in [0.15, 0.2) is 0 Å². The monoisotopic (exact) mass is 400 g/mol.